The second kappa shape index (κ2) is 7.54. The molecule has 0 aromatic carbocycles. The Balaban J connectivity index is 1.46. The summed E-state index contributed by atoms with van der Waals surface area (Å²) < 4.78 is 5.16. The number of rotatable bonds is 3. The average Bonchev–Trinajstić information content (AvgIpc) is 3.42. The third-order valence-electron chi connectivity index (χ3n) is 7.21. The van der Waals surface area contributed by atoms with Crippen LogP contribution in [0.2, 0.25) is 0 Å². The predicted octanol–water partition coefficient (Wildman–Crippen LogP) is 1.18. The molecule has 5 amide bonds. The van der Waals surface area contributed by atoms with Crippen LogP contribution >= 0.6 is 0 Å². The normalized spacial score (nSPS) is 29.2. The molecule has 4 fully saturated rings. The van der Waals surface area contributed by atoms with Gasteiger partial charge in [-0.2, -0.15) is 0 Å². The Labute approximate surface area is 185 Å². The SMILES string of the molecule is COc1cncc(N2C(=O)N(C(=O)[C@@H]3CC[C@@H]4CCCC[C@H](N)C(=O)N43)C3(CC3)C2=O)c1. The van der Waals surface area contributed by atoms with E-state index in [1.165, 1.54) is 19.5 Å². The number of hydrogen-bond donors (Lipinski definition) is 1. The van der Waals surface area contributed by atoms with Gasteiger partial charge in [0.1, 0.15) is 17.3 Å². The van der Waals surface area contributed by atoms with Gasteiger partial charge in [0, 0.05) is 12.1 Å². The van der Waals surface area contributed by atoms with E-state index in [-0.39, 0.29) is 17.6 Å². The van der Waals surface area contributed by atoms with Gasteiger partial charge in [-0.05, 0) is 38.5 Å². The Kier molecular flexibility index (Phi) is 4.92. The first-order valence-electron chi connectivity index (χ1n) is 11.2. The van der Waals surface area contributed by atoms with E-state index in [2.05, 4.69) is 4.98 Å². The van der Waals surface area contributed by atoms with Crippen LogP contribution in [0.4, 0.5) is 10.5 Å². The second-order valence-corrected chi connectivity index (χ2v) is 9.09. The number of urea groups is 1. The third-order valence-corrected chi connectivity index (χ3v) is 7.21. The van der Waals surface area contributed by atoms with Gasteiger partial charge in [0.05, 0.1) is 31.2 Å². The van der Waals surface area contributed by atoms with Crippen molar-refractivity contribution in [3.63, 3.8) is 0 Å². The maximum Gasteiger partial charge on any atom is 0.339 e. The summed E-state index contributed by atoms with van der Waals surface area (Å²) in [5, 5.41) is 0. The first-order chi connectivity index (χ1) is 15.4. The van der Waals surface area contributed by atoms with Crippen molar-refractivity contribution in [3.05, 3.63) is 18.5 Å². The minimum absolute atomic E-state index is 0.0509. The van der Waals surface area contributed by atoms with E-state index in [0.717, 1.165) is 29.1 Å². The van der Waals surface area contributed by atoms with Crippen molar-refractivity contribution in [2.24, 2.45) is 5.73 Å². The van der Waals surface area contributed by atoms with Crippen molar-refractivity contribution in [1.29, 1.82) is 0 Å². The Morgan fingerprint density at radius 2 is 1.88 bits per heavy atom. The summed E-state index contributed by atoms with van der Waals surface area (Å²) in [4.78, 5) is 61.2. The van der Waals surface area contributed by atoms with Crippen molar-refractivity contribution >= 4 is 29.4 Å². The molecule has 170 valence electrons. The van der Waals surface area contributed by atoms with Gasteiger partial charge in [-0.3, -0.25) is 19.4 Å². The Hall–Kier alpha value is -3.01. The number of pyridine rings is 1. The summed E-state index contributed by atoms with van der Waals surface area (Å²) in [6.45, 7) is 0. The number of carbonyl (C=O) groups excluding carboxylic acids is 4. The number of imide groups is 2. The zero-order valence-corrected chi connectivity index (χ0v) is 18.0. The van der Waals surface area contributed by atoms with Crippen LogP contribution in [0.3, 0.4) is 0 Å². The molecule has 0 unspecified atom stereocenters. The number of methoxy groups -OCH3 is 1. The molecule has 0 radical (unpaired) electrons. The molecule has 0 bridgehead atoms. The fraction of sp³-hybridized carbons (Fsp3) is 0.591. The number of aromatic nitrogens is 1. The molecule has 10 heteroatoms. The average molecular weight is 441 g/mol. The quantitative estimate of drug-likeness (QED) is 0.698. The summed E-state index contributed by atoms with van der Waals surface area (Å²) >= 11 is 0. The van der Waals surface area contributed by atoms with E-state index in [1.807, 2.05) is 0 Å². The predicted molar refractivity (Wildman–Crippen MR) is 113 cm³/mol. The summed E-state index contributed by atoms with van der Waals surface area (Å²) in [6, 6.07) is -0.616. The van der Waals surface area contributed by atoms with Gasteiger partial charge in [-0.1, -0.05) is 12.8 Å². The molecule has 10 nitrogen and oxygen atoms in total. The third kappa shape index (κ3) is 3.00. The van der Waals surface area contributed by atoms with Crippen molar-refractivity contribution in [1.82, 2.24) is 14.8 Å². The number of anilines is 1. The van der Waals surface area contributed by atoms with Gasteiger partial charge in [0.2, 0.25) is 5.91 Å². The topological polar surface area (TPSA) is 126 Å². The fourth-order valence-electron chi connectivity index (χ4n) is 5.35. The first-order valence-corrected chi connectivity index (χ1v) is 11.2. The Bertz CT molecular complexity index is 993. The Morgan fingerprint density at radius 3 is 2.59 bits per heavy atom. The van der Waals surface area contributed by atoms with Gasteiger partial charge in [-0.15, -0.1) is 0 Å². The lowest BCUT2D eigenvalue weighted by molar-refractivity contribution is -0.146. The van der Waals surface area contributed by atoms with Crippen LogP contribution in [0.5, 0.6) is 5.75 Å². The highest BCUT2D eigenvalue weighted by molar-refractivity contribution is 6.29. The number of ether oxygens (including phenoxy) is 1. The van der Waals surface area contributed by atoms with Crippen LogP contribution in [0.15, 0.2) is 18.5 Å². The summed E-state index contributed by atoms with van der Waals surface area (Å²) in [7, 11) is 1.47. The number of nitrogens with two attached hydrogens (primary N) is 1. The molecule has 3 atom stereocenters. The highest BCUT2D eigenvalue weighted by atomic mass is 16.5. The molecule has 1 aromatic rings. The van der Waals surface area contributed by atoms with E-state index >= 15 is 0 Å². The molecule has 3 saturated heterocycles. The smallest absolute Gasteiger partial charge is 0.339 e. The molecule has 5 rings (SSSR count). The molecule has 32 heavy (non-hydrogen) atoms. The maximum atomic E-state index is 13.7. The zero-order chi connectivity index (χ0) is 22.6. The maximum absolute atomic E-state index is 13.7. The zero-order valence-electron chi connectivity index (χ0n) is 18.0. The molecule has 1 aliphatic carbocycles. The Morgan fingerprint density at radius 1 is 1.12 bits per heavy atom. The number of hydrogen-bond acceptors (Lipinski definition) is 7. The summed E-state index contributed by atoms with van der Waals surface area (Å²) in [5.74, 6) is -0.752. The van der Waals surface area contributed by atoms with Gasteiger partial charge in [0.15, 0.2) is 0 Å². The second-order valence-electron chi connectivity index (χ2n) is 9.09. The molecular formula is C22H27N5O5. The van der Waals surface area contributed by atoms with Gasteiger partial charge in [-0.25, -0.2) is 14.6 Å². The van der Waals surface area contributed by atoms with Gasteiger partial charge >= 0.3 is 6.03 Å². The van der Waals surface area contributed by atoms with Crippen LogP contribution < -0.4 is 15.4 Å². The van der Waals surface area contributed by atoms with Crippen LogP contribution in [0.1, 0.15) is 51.4 Å². The lowest BCUT2D eigenvalue weighted by atomic mass is 9.99. The monoisotopic (exact) mass is 441 g/mol. The molecule has 3 aliphatic heterocycles. The first kappa shape index (κ1) is 20.9. The summed E-state index contributed by atoms with van der Waals surface area (Å²) in [5.41, 5.74) is 5.19. The standard InChI is InChI=1S/C22H27N5O5/c1-32-15-10-14(11-24-12-15)26-20(30)22(8-9-22)27(21(26)31)19(29)17-7-6-13-4-2-3-5-16(23)18(28)25(13)17/h10-13,16-17H,2-9,23H2,1H3/t13-,16-,17-/m0/s1. The van der Waals surface area contributed by atoms with Gasteiger partial charge in [0.25, 0.3) is 11.8 Å². The van der Waals surface area contributed by atoms with E-state index < -0.39 is 35.5 Å². The molecule has 1 aromatic heterocycles. The lowest BCUT2D eigenvalue weighted by Gasteiger charge is -2.35. The number of fused-ring (bicyclic) bond motifs is 1. The lowest BCUT2D eigenvalue weighted by Crippen LogP contribution is -2.57. The minimum Gasteiger partial charge on any atom is -0.495 e. The molecular weight excluding hydrogens is 414 g/mol. The van der Waals surface area contributed by atoms with Gasteiger partial charge < -0.3 is 15.4 Å². The number of nitrogens with zero attached hydrogens (tertiary/aromatic N) is 4. The highest BCUT2D eigenvalue weighted by Crippen LogP contribution is 2.50. The number of amides is 5. The van der Waals surface area contributed by atoms with Crippen molar-refractivity contribution in [2.75, 3.05) is 12.0 Å². The number of carbonyl (C=O) groups is 4. The molecule has 4 aliphatic rings. The van der Waals surface area contributed by atoms with Crippen LogP contribution in [0.25, 0.3) is 0 Å². The largest absolute Gasteiger partial charge is 0.495 e. The van der Waals surface area contributed by atoms with E-state index in [9.17, 15) is 19.2 Å². The highest BCUT2D eigenvalue weighted by Gasteiger charge is 2.68. The molecule has 2 N–H and O–H groups in total. The van der Waals surface area contributed by atoms with Crippen molar-refractivity contribution < 1.29 is 23.9 Å². The molecule has 1 saturated carbocycles. The van der Waals surface area contributed by atoms with E-state index in [0.29, 0.717) is 37.9 Å². The van der Waals surface area contributed by atoms with Crippen molar-refractivity contribution in [2.45, 2.75) is 75.0 Å². The van der Waals surface area contributed by atoms with Crippen LogP contribution in [-0.4, -0.2) is 69.3 Å². The van der Waals surface area contributed by atoms with Crippen LogP contribution in [0, 0.1) is 0 Å². The fourth-order valence-corrected chi connectivity index (χ4v) is 5.35. The van der Waals surface area contributed by atoms with Crippen LogP contribution in [-0.2, 0) is 14.4 Å². The minimum atomic E-state index is -1.16. The summed E-state index contributed by atoms with van der Waals surface area (Å²) in [6.07, 6.45) is 8.12. The molecule has 4 heterocycles. The van der Waals surface area contributed by atoms with E-state index in [1.54, 1.807) is 11.0 Å². The van der Waals surface area contributed by atoms with Crippen molar-refractivity contribution in [3.8, 4) is 5.75 Å². The molecule has 1 spiro atoms. The van der Waals surface area contributed by atoms with E-state index in [4.69, 9.17) is 10.5 Å².